The maximum absolute atomic E-state index is 11.2. The predicted molar refractivity (Wildman–Crippen MR) is 76.7 cm³/mol. The fraction of sp³-hybridized carbons (Fsp3) is 0.385. The van der Waals surface area contributed by atoms with Crippen LogP contribution in [0.25, 0.3) is 0 Å². The summed E-state index contributed by atoms with van der Waals surface area (Å²) in [5.41, 5.74) is 2.27. The van der Waals surface area contributed by atoms with Gasteiger partial charge in [-0.2, -0.15) is 11.8 Å². The topological polar surface area (TPSA) is 62.2 Å². The zero-order valence-corrected chi connectivity index (χ0v) is 11.5. The van der Waals surface area contributed by atoms with Crippen molar-refractivity contribution in [3.63, 3.8) is 0 Å². The molecule has 1 aromatic rings. The van der Waals surface area contributed by atoms with Crippen LogP contribution in [-0.2, 0) is 0 Å². The fourth-order valence-corrected chi connectivity index (χ4v) is 2.24. The molecule has 0 radical (unpaired) electrons. The van der Waals surface area contributed by atoms with E-state index >= 15 is 0 Å². The summed E-state index contributed by atoms with van der Waals surface area (Å²) in [6, 6.07) is 1.77. The normalized spacial score (nSPS) is 10.1. The van der Waals surface area contributed by atoms with Gasteiger partial charge in [-0.15, -0.1) is 6.58 Å². The van der Waals surface area contributed by atoms with Crippen molar-refractivity contribution in [1.29, 1.82) is 0 Å². The molecule has 98 valence electrons. The Labute approximate surface area is 112 Å². The van der Waals surface area contributed by atoms with E-state index in [2.05, 4.69) is 16.9 Å². The van der Waals surface area contributed by atoms with Crippen molar-refractivity contribution in [3.05, 3.63) is 35.7 Å². The molecular weight excluding hydrogens is 248 g/mol. The molecule has 0 saturated carbocycles. The number of carboxylic acid groups (broad SMARTS) is 1. The van der Waals surface area contributed by atoms with E-state index in [1.165, 1.54) is 0 Å². The number of anilines is 1. The van der Waals surface area contributed by atoms with Crippen LogP contribution in [0.4, 0.5) is 5.69 Å². The van der Waals surface area contributed by atoms with Crippen LogP contribution in [0.3, 0.4) is 0 Å². The lowest BCUT2D eigenvalue weighted by atomic mass is 10.1. The summed E-state index contributed by atoms with van der Waals surface area (Å²) in [5, 5.41) is 12.3. The van der Waals surface area contributed by atoms with Gasteiger partial charge in [0.25, 0.3) is 0 Å². The van der Waals surface area contributed by atoms with Crippen LogP contribution in [0.5, 0.6) is 0 Å². The van der Waals surface area contributed by atoms with E-state index in [4.69, 9.17) is 0 Å². The molecule has 4 nitrogen and oxygen atoms in total. The largest absolute Gasteiger partial charge is 0.478 e. The molecule has 0 aliphatic rings. The molecule has 0 saturated heterocycles. The van der Waals surface area contributed by atoms with Gasteiger partial charge in [0.05, 0.1) is 11.4 Å². The fourth-order valence-electron chi connectivity index (χ4n) is 1.66. The first kappa shape index (κ1) is 14.6. The highest BCUT2D eigenvalue weighted by molar-refractivity contribution is 7.99. The Kier molecular flexibility index (Phi) is 5.71. The molecule has 0 fully saturated rings. The molecule has 0 amide bonds. The van der Waals surface area contributed by atoms with Crippen LogP contribution in [-0.4, -0.2) is 34.1 Å². The first-order valence-corrected chi connectivity index (χ1v) is 6.85. The first-order valence-electron chi connectivity index (χ1n) is 5.70. The molecule has 2 N–H and O–H groups in total. The minimum Gasteiger partial charge on any atom is -0.478 e. The molecule has 0 atom stereocenters. The molecule has 0 unspecified atom stereocenters. The first-order chi connectivity index (χ1) is 8.56. The van der Waals surface area contributed by atoms with Crippen LogP contribution in [0.2, 0.25) is 0 Å². The number of nitrogens with one attached hydrogen (secondary N) is 1. The van der Waals surface area contributed by atoms with Crippen molar-refractivity contribution in [3.8, 4) is 0 Å². The van der Waals surface area contributed by atoms with E-state index in [1.54, 1.807) is 24.8 Å². The van der Waals surface area contributed by atoms with E-state index < -0.39 is 5.97 Å². The minimum absolute atomic E-state index is 0.259. The molecular formula is C13H18N2O2S. The number of hydrogen-bond acceptors (Lipinski definition) is 4. The maximum atomic E-state index is 11.2. The van der Waals surface area contributed by atoms with Crippen LogP contribution in [0.15, 0.2) is 18.7 Å². The highest BCUT2D eigenvalue weighted by atomic mass is 32.2. The van der Waals surface area contributed by atoms with Crippen molar-refractivity contribution in [2.45, 2.75) is 13.8 Å². The third-order valence-corrected chi connectivity index (χ3v) is 3.30. The van der Waals surface area contributed by atoms with Crippen molar-refractivity contribution in [2.75, 3.05) is 23.4 Å². The number of carbonyl (C=O) groups is 1. The molecule has 1 heterocycles. The highest BCUT2D eigenvalue weighted by Gasteiger charge is 2.14. The molecule has 0 spiro atoms. The third kappa shape index (κ3) is 4.07. The second-order valence-electron chi connectivity index (χ2n) is 3.87. The number of thioether (sulfide) groups is 1. The number of nitrogens with zero attached hydrogens (tertiary/aromatic N) is 1. The molecule has 18 heavy (non-hydrogen) atoms. The highest BCUT2D eigenvalue weighted by Crippen LogP contribution is 2.19. The second kappa shape index (κ2) is 7.06. The van der Waals surface area contributed by atoms with Gasteiger partial charge in [-0.05, 0) is 19.9 Å². The van der Waals surface area contributed by atoms with Gasteiger partial charge in [-0.1, -0.05) is 6.08 Å². The lowest BCUT2D eigenvalue weighted by Gasteiger charge is -2.12. The van der Waals surface area contributed by atoms with Crippen LogP contribution >= 0.6 is 11.8 Å². The SMILES string of the molecule is C=CCSCCNc1cc(C)nc(C)c1C(=O)O. The van der Waals surface area contributed by atoms with Crippen molar-refractivity contribution < 1.29 is 9.90 Å². The van der Waals surface area contributed by atoms with E-state index in [9.17, 15) is 9.90 Å². The summed E-state index contributed by atoms with van der Waals surface area (Å²) in [6.07, 6.45) is 1.86. The zero-order valence-electron chi connectivity index (χ0n) is 10.7. The van der Waals surface area contributed by atoms with Gasteiger partial charge in [-0.25, -0.2) is 4.79 Å². The second-order valence-corrected chi connectivity index (χ2v) is 5.02. The van der Waals surface area contributed by atoms with E-state index in [0.29, 0.717) is 11.4 Å². The third-order valence-electron chi connectivity index (χ3n) is 2.34. The Hall–Kier alpha value is -1.49. The van der Waals surface area contributed by atoms with Crippen LogP contribution < -0.4 is 5.32 Å². The van der Waals surface area contributed by atoms with Crippen molar-refractivity contribution in [2.24, 2.45) is 0 Å². The average molecular weight is 266 g/mol. The Morgan fingerprint density at radius 1 is 1.61 bits per heavy atom. The van der Waals surface area contributed by atoms with E-state index in [1.807, 2.05) is 13.0 Å². The van der Waals surface area contributed by atoms with Gasteiger partial charge in [0.1, 0.15) is 5.56 Å². The van der Waals surface area contributed by atoms with Gasteiger partial charge in [0.2, 0.25) is 0 Å². The van der Waals surface area contributed by atoms with Crippen molar-refractivity contribution >= 4 is 23.4 Å². The van der Waals surface area contributed by atoms with Crippen LogP contribution in [0, 0.1) is 13.8 Å². The number of carboxylic acids is 1. The Morgan fingerprint density at radius 3 is 2.94 bits per heavy atom. The molecule has 1 aromatic heterocycles. The number of hydrogen-bond donors (Lipinski definition) is 2. The molecule has 0 aliphatic heterocycles. The lowest BCUT2D eigenvalue weighted by Crippen LogP contribution is -2.12. The molecule has 0 bridgehead atoms. The number of aryl methyl sites for hydroxylation is 2. The van der Waals surface area contributed by atoms with E-state index in [0.717, 1.165) is 23.7 Å². The molecule has 0 aliphatic carbocycles. The summed E-state index contributed by atoms with van der Waals surface area (Å²) in [4.78, 5) is 15.4. The van der Waals surface area contributed by atoms with Gasteiger partial charge < -0.3 is 10.4 Å². The number of rotatable bonds is 7. The standard InChI is InChI=1S/C13H18N2O2S/c1-4-6-18-7-5-14-11-8-9(2)15-10(3)12(11)13(16)17/h4,8H,1,5-7H2,2-3H3,(H,14,15)(H,16,17). The summed E-state index contributed by atoms with van der Waals surface area (Å²) < 4.78 is 0. The number of aromatic nitrogens is 1. The lowest BCUT2D eigenvalue weighted by molar-refractivity contribution is 0.0696. The minimum atomic E-state index is -0.943. The van der Waals surface area contributed by atoms with Crippen LogP contribution in [0.1, 0.15) is 21.7 Å². The van der Waals surface area contributed by atoms with Gasteiger partial charge in [0, 0.05) is 23.7 Å². The van der Waals surface area contributed by atoms with Gasteiger partial charge in [0.15, 0.2) is 0 Å². The molecule has 5 heteroatoms. The quantitative estimate of drug-likeness (QED) is 0.587. The predicted octanol–water partition coefficient (Wildman–Crippen LogP) is 2.73. The Bertz CT molecular complexity index is 447. The summed E-state index contributed by atoms with van der Waals surface area (Å²) in [6.45, 7) is 7.95. The smallest absolute Gasteiger partial charge is 0.339 e. The Morgan fingerprint density at radius 2 is 2.33 bits per heavy atom. The average Bonchev–Trinajstić information content (AvgIpc) is 2.27. The number of aromatic carboxylic acids is 1. The Balaban J connectivity index is 2.74. The molecule has 0 aromatic carbocycles. The molecule has 1 rings (SSSR count). The maximum Gasteiger partial charge on any atom is 0.339 e. The monoisotopic (exact) mass is 266 g/mol. The van der Waals surface area contributed by atoms with E-state index in [-0.39, 0.29) is 5.56 Å². The summed E-state index contributed by atoms with van der Waals surface area (Å²) >= 11 is 1.75. The summed E-state index contributed by atoms with van der Waals surface area (Å²) in [5.74, 6) is 0.870. The van der Waals surface area contributed by atoms with Gasteiger partial charge >= 0.3 is 5.97 Å². The zero-order chi connectivity index (χ0) is 13.5. The van der Waals surface area contributed by atoms with Crippen molar-refractivity contribution in [1.82, 2.24) is 4.98 Å². The summed E-state index contributed by atoms with van der Waals surface area (Å²) in [7, 11) is 0. The number of pyridine rings is 1. The van der Waals surface area contributed by atoms with Gasteiger partial charge in [-0.3, -0.25) is 4.98 Å².